The molecule has 1 amide bonds. The van der Waals surface area contributed by atoms with Gasteiger partial charge in [-0.2, -0.15) is 4.37 Å². The van der Waals surface area contributed by atoms with E-state index in [2.05, 4.69) is 9.69 Å². The molecule has 0 aliphatic heterocycles. The summed E-state index contributed by atoms with van der Waals surface area (Å²) in [6.07, 6.45) is 0. The second-order valence-electron chi connectivity index (χ2n) is 4.15. The molecule has 100 valence electrons. The SMILES string of the molecule is Cc1nsc(NC(=O)c2ccc(C)n2C)c1C(=O)O. The van der Waals surface area contributed by atoms with Gasteiger partial charge in [0.1, 0.15) is 16.3 Å². The number of carbonyl (C=O) groups excluding carboxylic acids is 1. The summed E-state index contributed by atoms with van der Waals surface area (Å²) >= 11 is 0.968. The van der Waals surface area contributed by atoms with Crippen molar-refractivity contribution in [3.63, 3.8) is 0 Å². The van der Waals surface area contributed by atoms with Gasteiger partial charge in [0.25, 0.3) is 5.91 Å². The van der Waals surface area contributed by atoms with Crippen molar-refractivity contribution in [1.82, 2.24) is 8.94 Å². The predicted octanol–water partition coefficient (Wildman–Crippen LogP) is 2.05. The van der Waals surface area contributed by atoms with Crippen molar-refractivity contribution in [3.8, 4) is 0 Å². The Morgan fingerprint density at radius 2 is 2.05 bits per heavy atom. The van der Waals surface area contributed by atoms with Gasteiger partial charge < -0.3 is 15.0 Å². The number of hydrogen-bond acceptors (Lipinski definition) is 4. The number of hydrogen-bond donors (Lipinski definition) is 2. The van der Waals surface area contributed by atoms with E-state index in [0.717, 1.165) is 17.2 Å². The molecule has 7 heteroatoms. The van der Waals surface area contributed by atoms with E-state index in [1.54, 1.807) is 24.6 Å². The molecule has 0 spiro atoms. The molecule has 0 saturated heterocycles. The van der Waals surface area contributed by atoms with E-state index >= 15 is 0 Å². The molecular formula is C12H13N3O3S. The van der Waals surface area contributed by atoms with E-state index in [1.165, 1.54) is 0 Å². The molecule has 0 aromatic carbocycles. The topological polar surface area (TPSA) is 84.2 Å². The summed E-state index contributed by atoms with van der Waals surface area (Å²) in [4.78, 5) is 23.2. The van der Waals surface area contributed by atoms with E-state index < -0.39 is 5.97 Å². The first-order chi connectivity index (χ1) is 8.91. The lowest BCUT2D eigenvalue weighted by Gasteiger charge is -2.06. The molecular weight excluding hydrogens is 266 g/mol. The van der Waals surface area contributed by atoms with Crippen LogP contribution in [-0.4, -0.2) is 25.9 Å². The molecule has 0 unspecified atom stereocenters. The van der Waals surface area contributed by atoms with Crippen LogP contribution in [0, 0.1) is 13.8 Å². The van der Waals surface area contributed by atoms with Crippen LogP contribution >= 0.6 is 11.5 Å². The summed E-state index contributed by atoms with van der Waals surface area (Å²) in [5.41, 5.74) is 1.86. The summed E-state index contributed by atoms with van der Waals surface area (Å²) < 4.78 is 5.69. The van der Waals surface area contributed by atoms with Crippen LogP contribution < -0.4 is 5.32 Å². The zero-order chi connectivity index (χ0) is 14.2. The molecule has 2 N–H and O–H groups in total. The number of anilines is 1. The van der Waals surface area contributed by atoms with E-state index in [9.17, 15) is 9.59 Å². The highest BCUT2D eigenvalue weighted by atomic mass is 32.1. The van der Waals surface area contributed by atoms with Crippen molar-refractivity contribution >= 4 is 28.4 Å². The highest BCUT2D eigenvalue weighted by Crippen LogP contribution is 2.25. The van der Waals surface area contributed by atoms with Crippen LogP contribution in [-0.2, 0) is 7.05 Å². The van der Waals surface area contributed by atoms with Crippen molar-refractivity contribution in [2.24, 2.45) is 7.05 Å². The van der Waals surface area contributed by atoms with Gasteiger partial charge in [-0.25, -0.2) is 4.79 Å². The summed E-state index contributed by atoms with van der Waals surface area (Å²) in [6.45, 7) is 3.48. The minimum atomic E-state index is -1.09. The van der Waals surface area contributed by atoms with Gasteiger partial charge in [0, 0.05) is 12.7 Å². The van der Waals surface area contributed by atoms with Gasteiger partial charge in [-0.15, -0.1) is 0 Å². The fraction of sp³-hybridized carbons (Fsp3) is 0.250. The maximum atomic E-state index is 12.1. The van der Waals surface area contributed by atoms with E-state index in [-0.39, 0.29) is 16.5 Å². The van der Waals surface area contributed by atoms with Gasteiger partial charge in [-0.3, -0.25) is 4.79 Å². The minimum absolute atomic E-state index is 0.0456. The molecule has 0 aliphatic carbocycles. The summed E-state index contributed by atoms with van der Waals surface area (Å²) in [5.74, 6) is -1.44. The molecule has 0 bridgehead atoms. The first-order valence-corrected chi connectivity index (χ1v) is 6.32. The van der Waals surface area contributed by atoms with Crippen LogP contribution in [0.2, 0.25) is 0 Å². The smallest absolute Gasteiger partial charge is 0.340 e. The number of amides is 1. The first kappa shape index (κ1) is 13.3. The highest BCUT2D eigenvalue weighted by Gasteiger charge is 2.20. The summed E-state index contributed by atoms with van der Waals surface area (Å²) in [6, 6.07) is 3.52. The fourth-order valence-electron chi connectivity index (χ4n) is 1.72. The number of carboxylic acid groups (broad SMARTS) is 1. The Labute approximate surface area is 113 Å². The Morgan fingerprint density at radius 3 is 2.58 bits per heavy atom. The van der Waals surface area contributed by atoms with Crippen molar-refractivity contribution in [2.45, 2.75) is 13.8 Å². The molecule has 2 heterocycles. The minimum Gasteiger partial charge on any atom is -0.478 e. The molecule has 0 aliphatic rings. The lowest BCUT2D eigenvalue weighted by molar-refractivity contribution is 0.0697. The van der Waals surface area contributed by atoms with Crippen LogP contribution in [0.15, 0.2) is 12.1 Å². The quantitative estimate of drug-likeness (QED) is 0.900. The number of carboxylic acids is 1. The van der Waals surface area contributed by atoms with Crippen molar-refractivity contribution in [1.29, 1.82) is 0 Å². The predicted molar refractivity (Wildman–Crippen MR) is 71.9 cm³/mol. The van der Waals surface area contributed by atoms with Gasteiger partial charge in [-0.05, 0) is 37.5 Å². The number of rotatable bonds is 3. The van der Waals surface area contributed by atoms with Crippen LogP contribution in [0.5, 0.6) is 0 Å². The highest BCUT2D eigenvalue weighted by molar-refractivity contribution is 7.11. The fourth-order valence-corrected chi connectivity index (χ4v) is 2.50. The second kappa shape index (κ2) is 4.85. The third-order valence-corrected chi connectivity index (χ3v) is 3.76. The molecule has 0 radical (unpaired) electrons. The van der Waals surface area contributed by atoms with E-state index in [1.807, 2.05) is 13.0 Å². The third kappa shape index (κ3) is 2.37. The van der Waals surface area contributed by atoms with Crippen molar-refractivity contribution < 1.29 is 14.7 Å². The third-order valence-electron chi connectivity index (χ3n) is 2.91. The number of aryl methyl sites for hydroxylation is 2. The zero-order valence-electron chi connectivity index (χ0n) is 10.7. The zero-order valence-corrected chi connectivity index (χ0v) is 11.5. The van der Waals surface area contributed by atoms with E-state index in [4.69, 9.17) is 5.11 Å². The molecule has 0 atom stereocenters. The van der Waals surface area contributed by atoms with Gasteiger partial charge in [-0.1, -0.05) is 0 Å². The Kier molecular flexibility index (Phi) is 3.39. The molecule has 0 fully saturated rings. The van der Waals surface area contributed by atoms with E-state index in [0.29, 0.717) is 11.4 Å². The normalized spacial score (nSPS) is 10.5. The number of aromatic carboxylic acids is 1. The van der Waals surface area contributed by atoms with Gasteiger partial charge in [0.15, 0.2) is 0 Å². The molecule has 6 nitrogen and oxygen atoms in total. The number of carbonyl (C=O) groups is 2. The standard InChI is InChI=1S/C12H13N3O3S/c1-6-4-5-8(15(6)3)10(16)13-11-9(12(17)18)7(2)14-19-11/h4-5H,1-3H3,(H,13,16)(H,17,18). The van der Waals surface area contributed by atoms with Gasteiger partial charge in [0.05, 0.1) is 5.69 Å². The number of nitrogens with zero attached hydrogens (tertiary/aromatic N) is 2. The molecule has 2 aromatic heterocycles. The first-order valence-electron chi connectivity index (χ1n) is 5.55. The Bertz CT molecular complexity index is 657. The average Bonchev–Trinajstić information content (AvgIpc) is 2.84. The summed E-state index contributed by atoms with van der Waals surface area (Å²) in [7, 11) is 1.78. The number of aromatic nitrogens is 2. The molecule has 19 heavy (non-hydrogen) atoms. The van der Waals surface area contributed by atoms with Crippen LogP contribution in [0.4, 0.5) is 5.00 Å². The second-order valence-corrected chi connectivity index (χ2v) is 4.92. The Hall–Kier alpha value is -2.15. The van der Waals surface area contributed by atoms with Crippen LogP contribution in [0.1, 0.15) is 32.2 Å². The van der Waals surface area contributed by atoms with Crippen molar-refractivity contribution in [3.05, 3.63) is 34.8 Å². The Morgan fingerprint density at radius 1 is 1.37 bits per heavy atom. The monoisotopic (exact) mass is 279 g/mol. The molecule has 2 rings (SSSR count). The lowest BCUT2D eigenvalue weighted by atomic mass is 10.2. The lowest BCUT2D eigenvalue weighted by Crippen LogP contribution is -2.17. The summed E-state index contributed by atoms with van der Waals surface area (Å²) in [5, 5.41) is 11.9. The van der Waals surface area contributed by atoms with Gasteiger partial charge in [0.2, 0.25) is 0 Å². The maximum Gasteiger partial charge on any atom is 0.340 e. The van der Waals surface area contributed by atoms with Crippen LogP contribution in [0.3, 0.4) is 0 Å². The maximum absolute atomic E-state index is 12.1. The largest absolute Gasteiger partial charge is 0.478 e. The van der Waals surface area contributed by atoms with Crippen molar-refractivity contribution in [2.75, 3.05) is 5.32 Å². The Balaban J connectivity index is 2.30. The average molecular weight is 279 g/mol. The van der Waals surface area contributed by atoms with Gasteiger partial charge >= 0.3 is 5.97 Å². The molecule has 0 saturated carbocycles. The van der Waals surface area contributed by atoms with Crippen LogP contribution in [0.25, 0.3) is 0 Å². The number of nitrogens with one attached hydrogen (secondary N) is 1. The molecule has 2 aromatic rings.